The first kappa shape index (κ1) is 26.1. The quantitative estimate of drug-likeness (QED) is 0.408. The predicted molar refractivity (Wildman–Crippen MR) is 138 cm³/mol. The van der Waals surface area contributed by atoms with Crippen molar-refractivity contribution in [1.29, 1.82) is 0 Å². The number of thioether (sulfide) groups is 1. The summed E-state index contributed by atoms with van der Waals surface area (Å²) in [5, 5.41) is 1.16. The highest BCUT2D eigenvalue weighted by atomic mass is 35.5. The van der Waals surface area contributed by atoms with Gasteiger partial charge in [0, 0.05) is 24.9 Å². The van der Waals surface area contributed by atoms with E-state index in [0.717, 1.165) is 42.4 Å². The fourth-order valence-corrected chi connectivity index (χ4v) is 5.71. The maximum absolute atomic E-state index is 12.8. The summed E-state index contributed by atoms with van der Waals surface area (Å²) in [5.74, 6) is 1.01. The molecule has 1 unspecified atom stereocenters. The molecule has 31 heavy (non-hydrogen) atoms. The van der Waals surface area contributed by atoms with Crippen LogP contribution in [0.2, 0.25) is 0 Å². The Labute approximate surface area is 199 Å². The molecule has 1 atom stereocenters. The van der Waals surface area contributed by atoms with Crippen LogP contribution in [0.4, 0.5) is 5.69 Å². The smallest absolute Gasteiger partial charge is 0.225 e. The zero-order chi connectivity index (χ0) is 21.3. The van der Waals surface area contributed by atoms with E-state index in [4.69, 9.17) is 4.99 Å². The molecule has 0 aromatic heterocycles. The number of hydrogen-bond acceptors (Lipinski definition) is 3. The number of aliphatic imine (C=N–C) groups is 1. The number of amides is 1. The third-order valence-electron chi connectivity index (χ3n) is 6.26. The van der Waals surface area contributed by atoms with Crippen LogP contribution in [0.3, 0.4) is 0 Å². The summed E-state index contributed by atoms with van der Waals surface area (Å²) in [5.41, 5.74) is 2.36. The predicted octanol–water partition coefficient (Wildman–Crippen LogP) is 6.67. The van der Waals surface area contributed by atoms with E-state index in [-0.39, 0.29) is 24.5 Å². The lowest BCUT2D eigenvalue weighted by atomic mass is 9.96. The van der Waals surface area contributed by atoms with Crippen LogP contribution in [0.15, 0.2) is 29.3 Å². The number of nitrogens with zero attached hydrogens (tertiary/aromatic N) is 3. The number of carbonyl (C=O) groups excluding carboxylic acids is 1. The van der Waals surface area contributed by atoms with Crippen molar-refractivity contribution in [1.82, 2.24) is 4.90 Å². The van der Waals surface area contributed by atoms with Crippen LogP contribution in [-0.4, -0.2) is 40.5 Å². The summed E-state index contributed by atoms with van der Waals surface area (Å²) in [7, 11) is 0. The second kappa shape index (κ2) is 13.4. The van der Waals surface area contributed by atoms with Crippen LogP contribution in [0.5, 0.6) is 0 Å². The molecule has 1 aliphatic heterocycles. The number of anilines is 1. The van der Waals surface area contributed by atoms with Crippen LogP contribution in [0, 0.1) is 0 Å². The Bertz CT molecular complexity index is 703. The molecule has 3 rings (SSSR count). The van der Waals surface area contributed by atoms with Gasteiger partial charge in [-0.05, 0) is 49.8 Å². The number of halogens is 1. The van der Waals surface area contributed by atoms with E-state index in [1.54, 1.807) is 6.92 Å². The molecule has 6 heteroatoms. The maximum Gasteiger partial charge on any atom is 0.225 e. The van der Waals surface area contributed by atoms with Gasteiger partial charge in [-0.25, -0.2) is 0 Å². The average Bonchev–Trinajstić information content (AvgIpc) is 3.14. The van der Waals surface area contributed by atoms with Crippen LogP contribution >= 0.6 is 24.2 Å². The van der Waals surface area contributed by atoms with E-state index < -0.39 is 0 Å². The van der Waals surface area contributed by atoms with Crippen LogP contribution in [0.1, 0.15) is 84.1 Å². The molecule has 0 radical (unpaired) electrons. The number of carbonyl (C=O) groups is 1. The van der Waals surface area contributed by atoms with Crippen molar-refractivity contribution in [2.24, 2.45) is 4.99 Å². The third-order valence-corrected chi connectivity index (χ3v) is 7.32. The summed E-state index contributed by atoms with van der Waals surface area (Å²) < 4.78 is 0. The highest BCUT2D eigenvalue weighted by Crippen LogP contribution is 2.32. The molecule has 2 aliphatic rings. The van der Waals surface area contributed by atoms with Gasteiger partial charge in [0.05, 0.1) is 6.04 Å². The molecular weight excluding hydrogens is 426 g/mol. The number of unbranched alkanes of at least 4 members (excludes halogenated alkanes) is 2. The van der Waals surface area contributed by atoms with Crippen molar-refractivity contribution in [3.8, 4) is 0 Å². The normalized spacial score (nSPS) is 20.7. The highest BCUT2D eigenvalue weighted by molar-refractivity contribution is 8.14. The van der Waals surface area contributed by atoms with Gasteiger partial charge in [-0.1, -0.05) is 69.8 Å². The van der Waals surface area contributed by atoms with Crippen LogP contribution in [-0.2, 0) is 11.2 Å². The number of aryl methyl sites for hydroxylation is 1. The minimum atomic E-state index is 0. The van der Waals surface area contributed by atoms with Gasteiger partial charge in [-0.3, -0.25) is 14.7 Å². The fraction of sp³-hybridized carbons (Fsp3) is 0.680. The average molecular weight is 466 g/mol. The van der Waals surface area contributed by atoms with Crippen molar-refractivity contribution in [2.45, 2.75) is 97.2 Å². The van der Waals surface area contributed by atoms with Gasteiger partial charge in [-0.2, -0.15) is 0 Å². The Morgan fingerprint density at radius 3 is 2.39 bits per heavy atom. The Morgan fingerprint density at radius 2 is 1.77 bits per heavy atom. The Balaban J connectivity index is 0.00000341. The van der Waals surface area contributed by atoms with Gasteiger partial charge in [0.25, 0.3) is 0 Å². The molecule has 1 aromatic carbocycles. The minimum Gasteiger partial charge on any atom is -0.330 e. The monoisotopic (exact) mass is 465 g/mol. The third kappa shape index (κ3) is 7.15. The van der Waals surface area contributed by atoms with Gasteiger partial charge >= 0.3 is 0 Å². The summed E-state index contributed by atoms with van der Waals surface area (Å²) in [6, 6.07) is 9.11. The van der Waals surface area contributed by atoms with Crippen molar-refractivity contribution < 1.29 is 4.79 Å². The Kier molecular flexibility index (Phi) is 11.2. The highest BCUT2D eigenvalue weighted by Gasteiger charge is 2.36. The standard InChI is InChI=1S/C25H39N3OS.ClH/c1-4-6-11-21-14-16-23(17-15-21)28(20(3)29)24-19-30-25(27(24)18-7-5-2)26-22-12-9-8-10-13-22;/h14-17,22,24H,4-13,18-19H2,1-3H3;1H. The van der Waals surface area contributed by atoms with E-state index in [0.29, 0.717) is 6.04 Å². The molecule has 1 saturated carbocycles. The molecule has 1 aliphatic carbocycles. The number of hydrogen-bond donors (Lipinski definition) is 0. The van der Waals surface area contributed by atoms with E-state index >= 15 is 0 Å². The Morgan fingerprint density at radius 1 is 1.10 bits per heavy atom. The van der Waals surface area contributed by atoms with E-state index in [9.17, 15) is 4.79 Å². The molecular formula is C25H40ClN3OS. The lowest BCUT2D eigenvalue weighted by Gasteiger charge is -2.35. The lowest BCUT2D eigenvalue weighted by molar-refractivity contribution is -0.117. The molecule has 1 amide bonds. The Hall–Kier alpha value is -1.20. The molecule has 1 saturated heterocycles. The molecule has 0 spiro atoms. The molecule has 4 nitrogen and oxygen atoms in total. The molecule has 1 aromatic rings. The van der Waals surface area contributed by atoms with Gasteiger partial charge in [-0.15, -0.1) is 12.4 Å². The molecule has 2 fully saturated rings. The van der Waals surface area contributed by atoms with Gasteiger partial charge in [0.1, 0.15) is 6.17 Å². The lowest BCUT2D eigenvalue weighted by Crippen LogP contribution is -2.50. The maximum atomic E-state index is 12.8. The number of amidine groups is 1. The summed E-state index contributed by atoms with van der Waals surface area (Å²) in [4.78, 5) is 22.3. The zero-order valence-electron chi connectivity index (χ0n) is 19.5. The van der Waals surface area contributed by atoms with E-state index in [1.807, 2.05) is 16.7 Å². The van der Waals surface area contributed by atoms with Crippen LogP contribution in [0.25, 0.3) is 0 Å². The van der Waals surface area contributed by atoms with E-state index in [1.165, 1.54) is 50.5 Å². The molecule has 174 valence electrons. The second-order valence-corrected chi connectivity index (χ2v) is 9.69. The summed E-state index contributed by atoms with van der Waals surface area (Å²) in [6.07, 6.45) is 12.2. The van der Waals surface area contributed by atoms with Gasteiger partial charge in [0.15, 0.2) is 5.17 Å². The summed E-state index contributed by atoms with van der Waals surface area (Å²) in [6.45, 7) is 7.12. The topological polar surface area (TPSA) is 35.9 Å². The number of benzene rings is 1. The SMILES string of the molecule is CCCCc1ccc(N(C(C)=O)C2CSC(=NC3CCCCC3)N2CCCC)cc1.Cl. The fourth-order valence-electron chi connectivity index (χ4n) is 4.48. The zero-order valence-corrected chi connectivity index (χ0v) is 21.1. The van der Waals surface area contributed by atoms with Gasteiger partial charge < -0.3 is 4.90 Å². The first-order valence-corrected chi connectivity index (χ1v) is 13.0. The first-order valence-electron chi connectivity index (χ1n) is 12.0. The van der Waals surface area contributed by atoms with E-state index in [2.05, 4.69) is 43.0 Å². The van der Waals surface area contributed by atoms with Gasteiger partial charge in [0.2, 0.25) is 5.91 Å². The summed E-state index contributed by atoms with van der Waals surface area (Å²) >= 11 is 1.84. The van der Waals surface area contributed by atoms with Crippen molar-refractivity contribution in [3.63, 3.8) is 0 Å². The minimum absolute atomic E-state index is 0. The van der Waals surface area contributed by atoms with Crippen molar-refractivity contribution in [2.75, 3.05) is 17.2 Å². The molecule has 0 bridgehead atoms. The largest absolute Gasteiger partial charge is 0.330 e. The van der Waals surface area contributed by atoms with Crippen LogP contribution < -0.4 is 4.90 Å². The number of rotatable bonds is 9. The molecule has 1 heterocycles. The molecule has 0 N–H and O–H groups in total. The second-order valence-electron chi connectivity index (χ2n) is 8.70. The van der Waals surface area contributed by atoms with Crippen molar-refractivity contribution in [3.05, 3.63) is 29.8 Å². The first-order chi connectivity index (χ1) is 14.6. The van der Waals surface area contributed by atoms with Crippen molar-refractivity contribution >= 4 is 40.9 Å².